The highest BCUT2D eigenvalue weighted by atomic mass is 32.2. The summed E-state index contributed by atoms with van der Waals surface area (Å²) in [6.07, 6.45) is -1.00. The molecule has 1 atom stereocenters. The largest absolute Gasteiger partial charge is 0.449 e. The van der Waals surface area contributed by atoms with E-state index in [2.05, 4.69) is 5.32 Å². The van der Waals surface area contributed by atoms with Gasteiger partial charge in [-0.25, -0.2) is 4.79 Å². The first-order chi connectivity index (χ1) is 10.3. The van der Waals surface area contributed by atoms with Crippen LogP contribution in [-0.4, -0.2) is 35.7 Å². The van der Waals surface area contributed by atoms with E-state index < -0.39 is 18.0 Å². The van der Waals surface area contributed by atoms with Gasteiger partial charge in [0.2, 0.25) is 5.91 Å². The van der Waals surface area contributed by atoms with E-state index in [1.54, 1.807) is 24.3 Å². The number of hydrogen-bond donors (Lipinski definition) is 2. The van der Waals surface area contributed by atoms with E-state index in [9.17, 15) is 14.4 Å². The minimum atomic E-state index is -1.00. The Labute approximate surface area is 133 Å². The molecular weight excluding hydrogens is 304 g/mol. The summed E-state index contributed by atoms with van der Waals surface area (Å²) in [5.74, 6) is -1.28. The average molecular weight is 324 g/mol. The van der Waals surface area contributed by atoms with Crippen LogP contribution >= 0.6 is 11.8 Å². The Hall–Kier alpha value is -2.02. The molecule has 1 rings (SSSR count). The third-order valence-corrected chi connectivity index (χ3v) is 3.67. The molecule has 1 aromatic carbocycles. The second kappa shape index (κ2) is 8.43. The van der Waals surface area contributed by atoms with Crippen LogP contribution in [-0.2, 0) is 14.3 Å². The van der Waals surface area contributed by atoms with Gasteiger partial charge in [-0.3, -0.25) is 9.59 Å². The summed E-state index contributed by atoms with van der Waals surface area (Å²) in [7, 11) is 0. The number of primary amides is 1. The lowest BCUT2D eigenvalue weighted by Crippen LogP contribution is -2.31. The van der Waals surface area contributed by atoms with Crippen molar-refractivity contribution in [3.05, 3.63) is 29.8 Å². The Bertz CT molecular complexity index is 560. The highest BCUT2D eigenvalue weighted by molar-refractivity contribution is 8.00. The minimum absolute atomic E-state index is 0.0599. The zero-order valence-electron chi connectivity index (χ0n) is 12.8. The van der Waals surface area contributed by atoms with Crippen molar-refractivity contribution in [1.29, 1.82) is 0 Å². The lowest BCUT2D eigenvalue weighted by Gasteiger charge is -2.12. The summed E-state index contributed by atoms with van der Waals surface area (Å²) >= 11 is 1.23. The molecule has 3 N–H and O–H groups in total. The first-order valence-electron chi connectivity index (χ1n) is 6.82. The van der Waals surface area contributed by atoms with Gasteiger partial charge in [-0.15, -0.1) is 11.8 Å². The van der Waals surface area contributed by atoms with Crippen LogP contribution < -0.4 is 11.1 Å². The van der Waals surface area contributed by atoms with Crippen LogP contribution in [0.25, 0.3) is 0 Å². The van der Waals surface area contributed by atoms with Crippen molar-refractivity contribution in [3.8, 4) is 0 Å². The maximum absolute atomic E-state index is 12.1. The number of esters is 1. The second-order valence-electron chi connectivity index (χ2n) is 4.96. The maximum atomic E-state index is 12.1. The molecule has 0 aromatic heterocycles. The van der Waals surface area contributed by atoms with Gasteiger partial charge in [0.05, 0.1) is 11.3 Å². The van der Waals surface area contributed by atoms with Gasteiger partial charge in [0.1, 0.15) is 0 Å². The maximum Gasteiger partial charge on any atom is 0.340 e. The highest BCUT2D eigenvalue weighted by Gasteiger charge is 2.19. The monoisotopic (exact) mass is 324 g/mol. The molecule has 22 heavy (non-hydrogen) atoms. The van der Waals surface area contributed by atoms with E-state index in [-0.39, 0.29) is 17.7 Å². The third kappa shape index (κ3) is 5.77. The smallest absolute Gasteiger partial charge is 0.340 e. The van der Waals surface area contributed by atoms with Crippen LogP contribution in [0.1, 0.15) is 31.1 Å². The number of ether oxygens (including phenoxy) is 1. The molecule has 1 unspecified atom stereocenters. The van der Waals surface area contributed by atoms with E-state index in [1.807, 2.05) is 13.8 Å². The van der Waals surface area contributed by atoms with E-state index in [1.165, 1.54) is 18.7 Å². The highest BCUT2D eigenvalue weighted by Crippen LogP contribution is 2.23. The van der Waals surface area contributed by atoms with Gasteiger partial charge in [-0.2, -0.15) is 0 Å². The Morgan fingerprint density at radius 2 is 1.86 bits per heavy atom. The zero-order chi connectivity index (χ0) is 16.7. The van der Waals surface area contributed by atoms with Crippen LogP contribution in [0.3, 0.4) is 0 Å². The topological polar surface area (TPSA) is 98.5 Å². The van der Waals surface area contributed by atoms with Crippen LogP contribution in [0.4, 0.5) is 0 Å². The van der Waals surface area contributed by atoms with Crippen molar-refractivity contribution in [1.82, 2.24) is 5.32 Å². The van der Waals surface area contributed by atoms with Gasteiger partial charge in [0.25, 0.3) is 5.91 Å². The molecule has 6 nitrogen and oxygen atoms in total. The Kier molecular flexibility index (Phi) is 6.91. The lowest BCUT2D eigenvalue weighted by molar-refractivity contribution is -0.125. The molecule has 0 aliphatic rings. The lowest BCUT2D eigenvalue weighted by atomic mass is 10.2. The molecule has 2 amide bonds. The summed E-state index contributed by atoms with van der Waals surface area (Å²) in [4.78, 5) is 35.3. The molecule has 0 saturated carbocycles. The molecule has 0 heterocycles. The van der Waals surface area contributed by atoms with Crippen LogP contribution in [0.5, 0.6) is 0 Å². The average Bonchev–Trinajstić information content (AvgIpc) is 2.44. The summed E-state index contributed by atoms with van der Waals surface area (Å²) in [5.41, 5.74) is 5.37. The summed E-state index contributed by atoms with van der Waals surface area (Å²) in [6, 6.07) is 6.81. The van der Waals surface area contributed by atoms with Crippen molar-refractivity contribution >= 4 is 29.5 Å². The summed E-state index contributed by atoms with van der Waals surface area (Å²) in [5, 5.41) is 2.77. The van der Waals surface area contributed by atoms with Gasteiger partial charge in [0, 0.05) is 10.9 Å². The Balaban J connectivity index is 2.75. The Morgan fingerprint density at radius 1 is 1.23 bits per heavy atom. The zero-order valence-corrected chi connectivity index (χ0v) is 13.6. The SMILES string of the molecule is CC(C)NC(=O)CSc1ccccc1C(=O)OC(C)C(N)=O. The minimum Gasteiger partial charge on any atom is -0.449 e. The number of rotatable bonds is 7. The van der Waals surface area contributed by atoms with E-state index in [4.69, 9.17) is 10.5 Å². The summed E-state index contributed by atoms with van der Waals surface area (Å²) < 4.78 is 4.98. The van der Waals surface area contributed by atoms with Gasteiger partial charge in [-0.1, -0.05) is 12.1 Å². The van der Waals surface area contributed by atoms with Crippen LogP contribution in [0.2, 0.25) is 0 Å². The number of nitrogens with two attached hydrogens (primary N) is 1. The number of amides is 2. The Morgan fingerprint density at radius 3 is 2.45 bits per heavy atom. The number of hydrogen-bond acceptors (Lipinski definition) is 5. The summed E-state index contributed by atoms with van der Waals surface area (Å²) in [6.45, 7) is 5.16. The van der Waals surface area contributed by atoms with Gasteiger partial charge in [0.15, 0.2) is 6.10 Å². The second-order valence-corrected chi connectivity index (χ2v) is 5.97. The fourth-order valence-corrected chi connectivity index (χ4v) is 2.40. The molecule has 7 heteroatoms. The van der Waals surface area contributed by atoms with Crippen LogP contribution in [0.15, 0.2) is 29.2 Å². The van der Waals surface area contributed by atoms with E-state index >= 15 is 0 Å². The van der Waals surface area contributed by atoms with Crippen molar-refractivity contribution in [2.24, 2.45) is 5.73 Å². The first kappa shape index (κ1) is 18.0. The van der Waals surface area contributed by atoms with E-state index in [0.29, 0.717) is 10.5 Å². The van der Waals surface area contributed by atoms with Crippen molar-refractivity contribution < 1.29 is 19.1 Å². The quantitative estimate of drug-likeness (QED) is 0.582. The molecule has 0 aliphatic heterocycles. The molecule has 0 bridgehead atoms. The predicted octanol–water partition coefficient (Wildman–Crippen LogP) is 1.33. The number of carbonyl (C=O) groups excluding carboxylic acids is 3. The third-order valence-electron chi connectivity index (χ3n) is 2.60. The molecule has 0 spiro atoms. The van der Waals surface area contributed by atoms with Crippen LogP contribution in [0, 0.1) is 0 Å². The molecule has 0 aliphatic carbocycles. The molecule has 0 radical (unpaired) electrons. The molecular formula is C15H20N2O4S. The van der Waals surface area contributed by atoms with E-state index in [0.717, 1.165) is 0 Å². The number of nitrogens with one attached hydrogen (secondary N) is 1. The van der Waals surface area contributed by atoms with Gasteiger partial charge >= 0.3 is 5.97 Å². The number of thioether (sulfide) groups is 1. The van der Waals surface area contributed by atoms with Crippen molar-refractivity contribution in [2.75, 3.05) is 5.75 Å². The standard InChI is InChI=1S/C15H20N2O4S/c1-9(2)17-13(18)8-22-12-7-5-4-6-11(12)15(20)21-10(3)14(16)19/h4-7,9-10H,8H2,1-3H3,(H2,16,19)(H,17,18). The fourth-order valence-electron chi connectivity index (χ4n) is 1.55. The molecule has 0 saturated heterocycles. The number of benzene rings is 1. The predicted molar refractivity (Wildman–Crippen MR) is 84.5 cm³/mol. The first-order valence-corrected chi connectivity index (χ1v) is 7.81. The number of carbonyl (C=O) groups is 3. The normalized spacial score (nSPS) is 11.8. The van der Waals surface area contributed by atoms with Gasteiger partial charge in [-0.05, 0) is 32.9 Å². The van der Waals surface area contributed by atoms with Crippen molar-refractivity contribution in [2.45, 2.75) is 37.8 Å². The molecule has 120 valence electrons. The van der Waals surface area contributed by atoms with Crippen molar-refractivity contribution in [3.63, 3.8) is 0 Å². The fraction of sp³-hybridized carbons (Fsp3) is 0.400. The molecule has 0 fully saturated rings. The van der Waals surface area contributed by atoms with Gasteiger partial charge < -0.3 is 15.8 Å². The molecule has 1 aromatic rings.